The molecular formula is C15H10FNO2. The number of aromatic nitrogens is 1. The summed E-state index contributed by atoms with van der Waals surface area (Å²) in [6.07, 6.45) is 0. The molecule has 0 saturated carbocycles. The highest BCUT2D eigenvalue weighted by molar-refractivity contribution is 5.84. The molecule has 0 saturated heterocycles. The predicted molar refractivity (Wildman–Crippen MR) is 71.6 cm³/mol. The van der Waals surface area contributed by atoms with Gasteiger partial charge in [0.2, 0.25) is 5.43 Å². The van der Waals surface area contributed by atoms with Crippen molar-refractivity contribution in [2.45, 2.75) is 0 Å². The number of hydrogen-bond donors (Lipinski definition) is 2. The van der Waals surface area contributed by atoms with Crippen molar-refractivity contribution in [3.63, 3.8) is 0 Å². The van der Waals surface area contributed by atoms with Crippen LogP contribution in [0.15, 0.2) is 53.3 Å². The predicted octanol–water partition coefficient (Wildman–Crippen LogP) is 3.04. The van der Waals surface area contributed by atoms with Gasteiger partial charge >= 0.3 is 0 Å². The van der Waals surface area contributed by atoms with Crippen molar-refractivity contribution in [3.8, 4) is 17.0 Å². The highest BCUT2D eigenvalue weighted by Gasteiger charge is 2.12. The van der Waals surface area contributed by atoms with Crippen molar-refractivity contribution in [1.82, 2.24) is 4.98 Å². The van der Waals surface area contributed by atoms with Gasteiger partial charge in [0.1, 0.15) is 5.82 Å². The standard InChI is InChI=1S/C15H10FNO2/c16-10-6-7-12-11(8-10)14(18)15(19)13(17-12)9-4-2-1-3-5-9/h1-8,19H,(H,17,18). The minimum Gasteiger partial charge on any atom is -0.503 e. The molecule has 0 amide bonds. The molecule has 19 heavy (non-hydrogen) atoms. The third kappa shape index (κ3) is 1.87. The number of hydrogen-bond acceptors (Lipinski definition) is 2. The van der Waals surface area contributed by atoms with Gasteiger partial charge < -0.3 is 10.1 Å². The van der Waals surface area contributed by atoms with E-state index in [9.17, 15) is 14.3 Å². The quantitative estimate of drug-likeness (QED) is 0.702. The lowest BCUT2D eigenvalue weighted by Crippen LogP contribution is -2.05. The van der Waals surface area contributed by atoms with E-state index in [0.29, 0.717) is 16.8 Å². The van der Waals surface area contributed by atoms with Crippen LogP contribution in [-0.2, 0) is 0 Å². The highest BCUT2D eigenvalue weighted by Crippen LogP contribution is 2.26. The van der Waals surface area contributed by atoms with Crippen molar-refractivity contribution in [3.05, 3.63) is 64.6 Å². The zero-order valence-electron chi connectivity index (χ0n) is 9.85. The van der Waals surface area contributed by atoms with Crippen LogP contribution in [0.25, 0.3) is 22.2 Å². The van der Waals surface area contributed by atoms with Gasteiger partial charge in [-0.1, -0.05) is 30.3 Å². The first-order valence-corrected chi connectivity index (χ1v) is 5.77. The summed E-state index contributed by atoms with van der Waals surface area (Å²) in [5, 5.41) is 10.1. The number of rotatable bonds is 1. The Morgan fingerprint density at radius 3 is 2.53 bits per heavy atom. The number of aromatic amines is 1. The Morgan fingerprint density at radius 1 is 1.05 bits per heavy atom. The molecule has 3 aromatic rings. The lowest BCUT2D eigenvalue weighted by molar-refractivity contribution is 0.471. The van der Waals surface area contributed by atoms with Gasteiger partial charge in [-0.15, -0.1) is 0 Å². The van der Waals surface area contributed by atoms with Crippen LogP contribution in [-0.4, -0.2) is 10.1 Å². The Labute approximate surface area is 108 Å². The molecule has 0 aliphatic heterocycles. The molecule has 2 N–H and O–H groups in total. The summed E-state index contributed by atoms with van der Waals surface area (Å²) in [4.78, 5) is 15.0. The normalized spacial score (nSPS) is 10.8. The number of aromatic hydroxyl groups is 1. The molecule has 0 atom stereocenters. The fourth-order valence-electron chi connectivity index (χ4n) is 2.06. The van der Waals surface area contributed by atoms with E-state index in [2.05, 4.69) is 4.98 Å². The second-order valence-electron chi connectivity index (χ2n) is 4.23. The summed E-state index contributed by atoms with van der Waals surface area (Å²) in [5.74, 6) is -0.908. The summed E-state index contributed by atoms with van der Waals surface area (Å²) in [7, 11) is 0. The maximum atomic E-state index is 13.1. The number of fused-ring (bicyclic) bond motifs is 1. The fraction of sp³-hybridized carbons (Fsp3) is 0. The zero-order chi connectivity index (χ0) is 13.4. The lowest BCUT2D eigenvalue weighted by atomic mass is 10.1. The first-order chi connectivity index (χ1) is 9.16. The molecule has 3 rings (SSSR count). The molecule has 0 aliphatic carbocycles. The summed E-state index contributed by atoms with van der Waals surface area (Å²) >= 11 is 0. The summed E-state index contributed by atoms with van der Waals surface area (Å²) < 4.78 is 13.1. The molecule has 0 radical (unpaired) electrons. The molecule has 3 nitrogen and oxygen atoms in total. The molecule has 1 heterocycles. The van der Waals surface area contributed by atoms with Crippen molar-refractivity contribution in [1.29, 1.82) is 0 Å². The molecule has 4 heteroatoms. The number of nitrogens with one attached hydrogen (secondary N) is 1. The Hall–Kier alpha value is -2.62. The summed E-state index contributed by atoms with van der Waals surface area (Å²) in [6.45, 7) is 0. The maximum Gasteiger partial charge on any atom is 0.231 e. The number of H-pyrrole nitrogens is 1. The second kappa shape index (κ2) is 4.24. The van der Waals surface area contributed by atoms with E-state index in [1.54, 1.807) is 12.1 Å². The van der Waals surface area contributed by atoms with Crippen LogP contribution in [0.2, 0.25) is 0 Å². The highest BCUT2D eigenvalue weighted by atomic mass is 19.1. The third-order valence-corrected chi connectivity index (χ3v) is 3.00. The van der Waals surface area contributed by atoms with Gasteiger partial charge in [0.25, 0.3) is 0 Å². The second-order valence-corrected chi connectivity index (χ2v) is 4.23. The van der Waals surface area contributed by atoms with Gasteiger partial charge in [-0.25, -0.2) is 4.39 Å². The van der Waals surface area contributed by atoms with Gasteiger partial charge in [-0.05, 0) is 18.2 Å². The molecule has 0 bridgehead atoms. The van der Waals surface area contributed by atoms with Crippen LogP contribution in [0, 0.1) is 5.82 Å². The zero-order valence-corrected chi connectivity index (χ0v) is 9.85. The summed E-state index contributed by atoms with van der Waals surface area (Å²) in [6, 6.07) is 12.9. The van der Waals surface area contributed by atoms with Gasteiger partial charge in [-0.3, -0.25) is 4.79 Å². The average molecular weight is 255 g/mol. The first kappa shape index (κ1) is 11.5. The van der Waals surface area contributed by atoms with Crippen LogP contribution >= 0.6 is 0 Å². The van der Waals surface area contributed by atoms with Crippen molar-refractivity contribution in [2.24, 2.45) is 0 Å². The lowest BCUT2D eigenvalue weighted by Gasteiger charge is -2.07. The molecular weight excluding hydrogens is 245 g/mol. The third-order valence-electron chi connectivity index (χ3n) is 3.00. The monoisotopic (exact) mass is 255 g/mol. The Bertz CT molecular complexity index is 809. The Balaban J connectivity index is 2.37. The summed E-state index contributed by atoms with van der Waals surface area (Å²) in [5.41, 5.74) is 0.947. The van der Waals surface area contributed by atoms with E-state index in [1.807, 2.05) is 18.2 Å². The van der Waals surface area contributed by atoms with Crippen LogP contribution in [0.4, 0.5) is 4.39 Å². The topological polar surface area (TPSA) is 53.1 Å². The van der Waals surface area contributed by atoms with Gasteiger partial charge in [0, 0.05) is 5.56 Å². The Kier molecular flexibility index (Phi) is 2.56. The van der Waals surface area contributed by atoms with Crippen molar-refractivity contribution >= 4 is 10.9 Å². The maximum absolute atomic E-state index is 13.1. The molecule has 0 unspecified atom stereocenters. The van der Waals surface area contributed by atoms with Crippen LogP contribution in [0.5, 0.6) is 5.75 Å². The van der Waals surface area contributed by atoms with Crippen molar-refractivity contribution < 1.29 is 9.50 Å². The van der Waals surface area contributed by atoms with E-state index in [4.69, 9.17) is 0 Å². The minimum atomic E-state index is -0.577. The molecule has 0 fully saturated rings. The first-order valence-electron chi connectivity index (χ1n) is 5.77. The molecule has 0 aliphatic rings. The van der Waals surface area contributed by atoms with Crippen LogP contribution in [0.1, 0.15) is 0 Å². The van der Waals surface area contributed by atoms with Crippen molar-refractivity contribution in [2.75, 3.05) is 0 Å². The largest absolute Gasteiger partial charge is 0.503 e. The molecule has 0 spiro atoms. The number of benzene rings is 2. The molecule has 2 aromatic carbocycles. The molecule has 1 aromatic heterocycles. The van der Waals surface area contributed by atoms with Crippen LogP contribution in [0.3, 0.4) is 0 Å². The van der Waals surface area contributed by atoms with E-state index < -0.39 is 17.0 Å². The minimum absolute atomic E-state index is 0.136. The van der Waals surface area contributed by atoms with E-state index in [0.717, 1.165) is 6.07 Å². The average Bonchev–Trinajstić information content (AvgIpc) is 2.44. The van der Waals surface area contributed by atoms with Crippen LogP contribution < -0.4 is 5.43 Å². The fourth-order valence-corrected chi connectivity index (χ4v) is 2.06. The van der Waals surface area contributed by atoms with Gasteiger partial charge in [0.05, 0.1) is 16.6 Å². The SMILES string of the molecule is O=c1c(O)c(-c2ccccc2)[nH]c2ccc(F)cc12. The van der Waals surface area contributed by atoms with E-state index in [1.165, 1.54) is 12.1 Å². The number of halogens is 1. The smallest absolute Gasteiger partial charge is 0.231 e. The van der Waals surface area contributed by atoms with E-state index >= 15 is 0 Å². The van der Waals surface area contributed by atoms with E-state index in [-0.39, 0.29) is 5.39 Å². The van der Waals surface area contributed by atoms with Gasteiger partial charge in [-0.2, -0.15) is 0 Å². The molecule has 94 valence electrons. The van der Waals surface area contributed by atoms with Gasteiger partial charge in [0.15, 0.2) is 5.75 Å². The Morgan fingerprint density at radius 2 is 1.79 bits per heavy atom. The number of pyridine rings is 1.